The summed E-state index contributed by atoms with van der Waals surface area (Å²) >= 11 is 0. The third kappa shape index (κ3) is 9.34. The van der Waals surface area contributed by atoms with Gasteiger partial charge in [0.05, 0.1) is 11.3 Å². The molecule has 5 rings (SSSR count). The minimum atomic E-state index is 0. The number of rotatable bonds is 10. The number of azo groups is 2. The van der Waals surface area contributed by atoms with E-state index in [4.69, 9.17) is 0 Å². The van der Waals surface area contributed by atoms with Crippen molar-refractivity contribution in [1.82, 2.24) is 4.57 Å². The van der Waals surface area contributed by atoms with Crippen molar-refractivity contribution in [3.63, 3.8) is 0 Å². The van der Waals surface area contributed by atoms with Crippen LogP contribution in [0.5, 0.6) is 0 Å². The molecule has 0 saturated carbocycles. The van der Waals surface area contributed by atoms with Crippen molar-refractivity contribution in [2.24, 2.45) is 20.5 Å². The summed E-state index contributed by atoms with van der Waals surface area (Å²) in [7, 11) is 0. The summed E-state index contributed by atoms with van der Waals surface area (Å²) in [6, 6.07) is 30.7. The van der Waals surface area contributed by atoms with E-state index < -0.39 is 0 Å². The molecule has 0 fully saturated rings. The molecule has 0 N–H and O–H groups in total. The predicted molar refractivity (Wildman–Crippen MR) is 137 cm³/mol. The molecular weight excluding hydrogens is 828 g/mol. The molecule has 5 aromatic rings. The van der Waals surface area contributed by atoms with Gasteiger partial charge in [0.2, 0.25) is 6.33 Å². The Bertz CT molecular complexity index is 1490. The first-order valence-electron chi connectivity index (χ1n) is 12.1. The summed E-state index contributed by atoms with van der Waals surface area (Å²) in [5.41, 5.74) is 2.43. The van der Waals surface area contributed by atoms with Gasteiger partial charge in [-0.2, -0.15) is 46.1 Å². The molecule has 3 aromatic heterocycles. The van der Waals surface area contributed by atoms with Gasteiger partial charge in [-0.1, -0.05) is 11.2 Å². The topological polar surface area (TPSA) is 66.0 Å². The first kappa shape index (κ1) is 30.1. The summed E-state index contributed by atoms with van der Waals surface area (Å²) in [6.07, 6.45) is 12.4. The second-order valence-electron chi connectivity index (χ2n) is 8.36. The predicted octanol–water partition coefficient (Wildman–Crippen LogP) is 5.18. The van der Waals surface area contributed by atoms with Gasteiger partial charge in [0.25, 0.3) is 0 Å². The Morgan fingerprint density at radius 3 is 2.05 bits per heavy atom. The van der Waals surface area contributed by atoms with Gasteiger partial charge in [0.1, 0.15) is 37.7 Å². The Hall–Kier alpha value is -3.47. The molecule has 0 atom stereocenters. The standard InChI is InChI=1S/C29H27N8.2W/c1-3-10-26(11-4-1)30-32-28-14-9-16-34(24-28)18-19-35-20-21-36(25-35)22-23-37-17-8-7-15-29(37)33-31-27-12-5-2-6-13-27;;/h3-17,20-21,24-25H,18-19,22-23H2;;/q+1;;. The molecule has 39 heavy (non-hydrogen) atoms. The van der Waals surface area contributed by atoms with Crippen LogP contribution in [-0.2, 0) is 68.3 Å². The number of nitrogens with zero attached hydrogens (tertiary/aromatic N) is 8. The Kier molecular flexibility index (Phi) is 12.2. The second-order valence-corrected chi connectivity index (χ2v) is 8.36. The van der Waals surface area contributed by atoms with Crippen molar-refractivity contribution in [3.8, 4) is 0 Å². The molecule has 0 bridgehead atoms. The first-order chi connectivity index (χ1) is 18.3. The largest absolute Gasteiger partial charge is 0.350 e. The van der Waals surface area contributed by atoms with Crippen molar-refractivity contribution < 1.29 is 55.8 Å². The third-order valence-corrected chi connectivity index (χ3v) is 5.67. The van der Waals surface area contributed by atoms with Gasteiger partial charge < -0.3 is 0 Å². The van der Waals surface area contributed by atoms with Crippen molar-refractivity contribution in [3.05, 3.63) is 128 Å². The zero-order valence-corrected chi connectivity index (χ0v) is 27.1. The average Bonchev–Trinajstić information content (AvgIpc) is 3.42. The number of benzene rings is 2. The van der Waals surface area contributed by atoms with Crippen LogP contribution in [-0.4, -0.2) is 4.57 Å². The van der Waals surface area contributed by atoms with Crippen LogP contribution in [0.15, 0.2) is 137 Å². The zero-order valence-electron chi connectivity index (χ0n) is 21.2. The van der Waals surface area contributed by atoms with Crippen LogP contribution in [0.2, 0.25) is 0 Å². The summed E-state index contributed by atoms with van der Waals surface area (Å²) in [6.45, 7) is 3.28. The van der Waals surface area contributed by atoms with Crippen LogP contribution in [0.3, 0.4) is 0 Å². The van der Waals surface area contributed by atoms with Crippen molar-refractivity contribution in [2.75, 3.05) is 0 Å². The molecule has 0 aliphatic heterocycles. The minimum absolute atomic E-state index is 0. The molecule has 3 heterocycles. The zero-order chi connectivity index (χ0) is 25.1. The van der Waals surface area contributed by atoms with E-state index in [0.717, 1.165) is 49.1 Å². The van der Waals surface area contributed by atoms with E-state index in [1.54, 1.807) is 0 Å². The fourth-order valence-corrected chi connectivity index (χ4v) is 3.72. The van der Waals surface area contributed by atoms with Crippen molar-refractivity contribution >= 4 is 22.9 Å². The molecule has 0 radical (unpaired) electrons. The Morgan fingerprint density at radius 2 is 1.31 bits per heavy atom. The second kappa shape index (κ2) is 15.8. The van der Waals surface area contributed by atoms with Gasteiger partial charge in [0, 0.05) is 60.0 Å². The molecule has 0 amide bonds. The van der Waals surface area contributed by atoms with Crippen LogP contribution in [0, 0.1) is 12.1 Å². The number of hydrogen-bond acceptors (Lipinski definition) is 4. The Balaban J connectivity index is 0.00000210. The molecule has 0 unspecified atom stereocenters. The molecule has 0 saturated heterocycles. The number of aromatic nitrogens is 4. The maximum Gasteiger partial charge on any atom is 0.350 e. The van der Waals surface area contributed by atoms with Gasteiger partial charge in [-0.25, -0.2) is 13.7 Å². The van der Waals surface area contributed by atoms with E-state index in [9.17, 15) is 0 Å². The maximum absolute atomic E-state index is 4.44. The fraction of sp³-hybridized carbons (Fsp3) is 0.138. The minimum Gasteiger partial charge on any atom is -0.233 e. The van der Waals surface area contributed by atoms with Crippen molar-refractivity contribution in [1.29, 1.82) is 0 Å². The molecule has 194 valence electrons. The summed E-state index contributed by atoms with van der Waals surface area (Å²) in [5.74, 6) is 0.814. The SMILES string of the molecule is [W].[W].[c-]1ccc(N=Nc2ccc[n+](CCn3cc[n+](CC[n+]4ccccc4N=Nc4cc[c-]cc4)c3)c2)cc1. The van der Waals surface area contributed by atoms with E-state index in [-0.39, 0.29) is 42.1 Å². The third-order valence-electron chi connectivity index (χ3n) is 5.67. The van der Waals surface area contributed by atoms with E-state index in [2.05, 4.69) is 69.6 Å². The molecular formula is C29H27N8W2+. The molecule has 0 aliphatic carbocycles. The van der Waals surface area contributed by atoms with Crippen LogP contribution in [0.25, 0.3) is 0 Å². The van der Waals surface area contributed by atoms with Gasteiger partial charge in [0.15, 0.2) is 18.9 Å². The fourth-order valence-electron chi connectivity index (χ4n) is 3.72. The van der Waals surface area contributed by atoms with Crippen LogP contribution in [0.1, 0.15) is 0 Å². The smallest absolute Gasteiger partial charge is 0.233 e. The van der Waals surface area contributed by atoms with Gasteiger partial charge in [-0.05, 0) is 17.8 Å². The van der Waals surface area contributed by atoms with E-state index in [0.29, 0.717) is 0 Å². The summed E-state index contributed by atoms with van der Waals surface area (Å²) in [4.78, 5) is 0. The Labute approximate surface area is 256 Å². The first-order valence-corrected chi connectivity index (χ1v) is 12.1. The van der Waals surface area contributed by atoms with E-state index >= 15 is 0 Å². The molecule has 8 nitrogen and oxygen atoms in total. The summed E-state index contributed by atoms with van der Waals surface area (Å²) in [5, 5.41) is 17.4. The molecule has 10 heteroatoms. The number of hydrogen-bond donors (Lipinski definition) is 0. The average molecular weight is 855 g/mol. The quantitative estimate of drug-likeness (QED) is 0.106. The summed E-state index contributed by atoms with van der Waals surface area (Å²) < 4.78 is 8.59. The van der Waals surface area contributed by atoms with Gasteiger partial charge in [-0.3, -0.25) is 0 Å². The normalized spacial score (nSPS) is 10.9. The van der Waals surface area contributed by atoms with Crippen LogP contribution >= 0.6 is 0 Å². The van der Waals surface area contributed by atoms with Gasteiger partial charge in [-0.15, -0.1) is 29.4 Å². The molecule has 0 spiro atoms. The van der Waals surface area contributed by atoms with Gasteiger partial charge >= 0.3 is 5.82 Å². The Morgan fingerprint density at radius 1 is 0.615 bits per heavy atom. The number of aryl methyl sites for hydroxylation is 4. The number of pyridine rings is 2. The monoisotopic (exact) mass is 855 g/mol. The maximum atomic E-state index is 4.44. The number of imidazole rings is 1. The van der Waals surface area contributed by atoms with Crippen LogP contribution < -0.4 is 13.7 Å². The molecule has 0 aliphatic rings. The van der Waals surface area contributed by atoms with Crippen molar-refractivity contribution in [2.45, 2.75) is 26.2 Å². The van der Waals surface area contributed by atoms with E-state index in [1.807, 2.05) is 97.5 Å². The van der Waals surface area contributed by atoms with E-state index in [1.165, 1.54) is 0 Å². The molecule has 2 aromatic carbocycles. The van der Waals surface area contributed by atoms with Crippen LogP contribution in [0.4, 0.5) is 22.9 Å².